The van der Waals surface area contributed by atoms with Crippen molar-refractivity contribution in [3.63, 3.8) is 0 Å². The highest BCUT2D eigenvalue weighted by atomic mass is 16.2. The fourth-order valence-corrected chi connectivity index (χ4v) is 2.19. The number of hydrogen-bond donors (Lipinski definition) is 3. The molecule has 1 heterocycles. The monoisotopic (exact) mass is 284 g/mol. The lowest BCUT2D eigenvalue weighted by Crippen LogP contribution is -2.46. The third kappa shape index (κ3) is 3.47. The van der Waals surface area contributed by atoms with Crippen molar-refractivity contribution in [3.8, 4) is 0 Å². The van der Waals surface area contributed by atoms with Gasteiger partial charge in [-0.1, -0.05) is 13.8 Å². The van der Waals surface area contributed by atoms with Crippen LogP contribution in [0.15, 0.2) is 0 Å². The second kappa shape index (κ2) is 6.69. The van der Waals surface area contributed by atoms with Crippen molar-refractivity contribution in [3.05, 3.63) is 0 Å². The standard InChI is InChI=1S/C13H24N4O3/c1-4-13(5-2)11(19)17(12(20)16-13)8-10(18)15-7-6-9(3)14/h9H,4-8,14H2,1-3H3,(H,15,18)(H,16,20). The first-order chi connectivity index (χ1) is 9.36. The summed E-state index contributed by atoms with van der Waals surface area (Å²) in [6, 6.07) is -0.499. The first-order valence-electron chi connectivity index (χ1n) is 7.02. The lowest BCUT2D eigenvalue weighted by Gasteiger charge is -2.23. The van der Waals surface area contributed by atoms with E-state index in [1.54, 1.807) is 0 Å². The van der Waals surface area contributed by atoms with Crippen molar-refractivity contribution in [1.82, 2.24) is 15.5 Å². The molecule has 114 valence electrons. The van der Waals surface area contributed by atoms with Gasteiger partial charge in [-0.25, -0.2) is 4.79 Å². The summed E-state index contributed by atoms with van der Waals surface area (Å²) in [5.74, 6) is -0.674. The second-order valence-electron chi connectivity index (χ2n) is 5.23. The van der Waals surface area contributed by atoms with Crippen molar-refractivity contribution < 1.29 is 14.4 Å². The SMILES string of the molecule is CCC1(CC)NC(=O)N(CC(=O)NCCC(C)N)C1=O. The summed E-state index contributed by atoms with van der Waals surface area (Å²) < 4.78 is 0. The van der Waals surface area contributed by atoms with Gasteiger partial charge in [0.15, 0.2) is 0 Å². The Bertz CT molecular complexity index is 391. The molecule has 0 aromatic rings. The van der Waals surface area contributed by atoms with Crippen LogP contribution in [0.3, 0.4) is 0 Å². The molecule has 0 bridgehead atoms. The van der Waals surface area contributed by atoms with E-state index in [-0.39, 0.29) is 24.4 Å². The van der Waals surface area contributed by atoms with Gasteiger partial charge in [0.1, 0.15) is 12.1 Å². The van der Waals surface area contributed by atoms with E-state index in [0.717, 1.165) is 4.90 Å². The molecular weight excluding hydrogens is 260 g/mol. The quantitative estimate of drug-likeness (QED) is 0.570. The maximum atomic E-state index is 12.3. The third-order valence-corrected chi connectivity index (χ3v) is 3.68. The normalized spacial score (nSPS) is 18.9. The number of nitrogens with one attached hydrogen (secondary N) is 2. The first kappa shape index (κ1) is 16.4. The Morgan fingerprint density at radius 3 is 2.45 bits per heavy atom. The molecular formula is C13H24N4O3. The molecule has 0 aromatic carbocycles. The number of hydrogen-bond acceptors (Lipinski definition) is 4. The van der Waals surface area contributed by atoms with Gasteiger partial charge in [0.05, 0.1) is 0 Å². The fraction of sp³-hybridized carbons (Fsp3) is 0.769. The van der Waals surface area contributed by atoms with Crippen LogP contribution in [0, 0.1) is 0 Å². The van der Waals surface area contributed by atoms with Gasteiger partial charge >= 0.3 is 6.03 Å². The predicted molar refractivity (Wildman–Crippen MR) is 74.8 cm³/mol. The van der Waals surface area contributed by atoms with Gasteiger partial charge in [-0.2, -0.15) is 0 Å². The van der Waals surface area contributed by atoms with E-state index in [2.05, 4.69) is 10.6 Å². The Morgan fingerprint density at radius 1 is 1.40 bits per heavy atom. The van der Waals surface area contributed by atoms with Crippen LogP contribution < -0.4 is 16.4 Å². The zero-order valence-corrected chi connectivity index (χ0v) is 12.4. The minimum atomic E-state index is -0.858. The Hall–Kier alpha value is -1.63. The molecule has 1 saturated heterocycles. The van der Waals surface area contributed by atoms with Gasteiger partial charge in [0.25, 0.3) is 5.91 Å². The minimum Gasteiger partial charge on any atom is -0.354 e. The third-order valence-electron chi connectivity index (χ3n) is 3.68. The van der Waals surface area contributed by atoms with Crippen LogP contribution in [0.5, 0.6) is 0 Å². The van der Waals surface area contributed by atoms with Gasteiger partial charge in [0, 0.05) is 12.6 Å². The summed E-state index contributed by atoms with van der Waals surface area (Å²) in [5, 5.41) is 5.34. The summed E-state index contributed by atoms with van der Waals surface area (Å²) in [4.78, 5) is 36.8. The summed E-state index contributed by atoms with van der Waals surface area (Å²) in [6.07, 6.45) is 1.67. The van der Waals surface area contributed by atoms with Crippen LogP contribution >= 0.6 is 0 Å². The molecule has 0 saturated carbocycles. The molecule has 1 aliphatic rings. The number of carbonyl (C=O) groups is 3. The second-order valence-corrected chi connectivity index (χ2v) is 5.23. The van der Waals surface area contributed by atoms with E-state index in [0.29, 0.717) is 25.8 Å². The maximum absolute atomic E-state index is 12.3. The Labute approximate surface area is 119 Å². The number of rotatable bonds is 7. The molecule has 20 heavy (non-hydrogen) atoms. The maximum Gasteiger partial charge on any atom is 0.325 e. The van der Waals surface area contributed by atoms with Crippen LogP contribution in [0.4, 0.5) is 4.79 Å². The van der Waals surface area contributed by atoms with Crippen LogP contribution in [0.2, 0.25) is 0 Å². The zero-order chi connectivity index (χ0) is 15.3. The minimum absolute atomic E-state index is 0.000139. The zero-order valence-electron chi connectivity index (χ0n) is 12.4. The first-order valence-corrected chi connectivity index (χ1v) is 7.02. The summed E-state index contributed by atoms with van der Waals surface area (Å²) in [6.45, 7) is 5.72. The molecule has 1 atom stereocenters. The highest BCUT2D eigenvalue weighted by Gasteiger charge is 2.49. The molecule has 0 spiro atoms. The van der Waals surface area contributed by atoms with Crippen molar-refractivity contribution in [2.24, 2.45) is 5.73 Å². The topological polar surface area (TPSA) is 105 Å². The lowest BCUT2D eigenvalue weighted by atomic mass is 9.93. The summed E-state index contributed by atoms with van der Waals surface area (Å²) in [5.41, 5.74) is 4.72. The van der Waals surface area contributed by atoms with Crippen molar-refractivity contribution in [2.45, 2.75) is 51.6 Å². The van der Waals surface area contributed by atoms with Crippen molar-refractivity contribution in [1.29, 1.82) is 0 Å². The molecule has 7 nitrogen and oxygen atoms in total. The number of urea groups is 1. The largest absolute Gasteiger partial charge is 0.354 e. The van der Waals surface area contributed by atoms with E-state index >= 15 is 0 Å². The lowest BCUT2D eigenvalue weighted by molar-refractivity contribution is -0.135. The Balaban J connectivity index is 2.58. The van der Waals surface area contributed by atoms with Gasteiger partial charge in [-0.3, -0.25) is 14.5 Å². The van der Waals surface area contributed by atoms with Crippen LogP contribution in [0.25, 0.3) is 0 Å². The van der Waals surface area contributed by atoms with E-state index in [9.17, 15) is 14.4 Å². The van der Waals surface area contributed by atoms with Crippen molar-refractivity contribution in [2.75, 3.05) is 13.1 Å². The number of imide groups is 1. The highest BCUT2D eigenvalue weighted by molar-refractivity contribution is 6.08. The van der Waals surface area contributed by atoms with Crippen LogP contribution in [-0.2, 0) is 9.59 Å². The predicted octanol–water partition coefficient (Wildman–Crippen LogP) is -0.0495. The molecule has 0 aliphatic carbocycles. The van der Waals surface area contributed by atoms with E-state index in [1.807, 2.05) is 20.8 Å². The molecule has 1 fully saturated rings. The molecule has 1 rings (SSSR count). The number of nitrogens with zero attached hydrogens (tertiary/aromatic N) is 1. The average molecular weight is 284 g/mol. The average Bonchev–Trinajstić information content (AvgIpc) is 2.63. The van der Waals surface area contributed by atoms with Gasteiger partial charge in [0.2, 0.25) is 5.91 Å². The fourth-order valence-electron chi connectivity index (χ4n) is 2.19. The number of nitrogens with two attached hydrogens (primary N) is 1. The van der Waals surface area contributed by atoms with Gasteiger partial charge < -0.3 is 16.4 Å². The molecule has 1 aliphatic heterocycles. The smallest absolute Gasteiger partial charge is 0.325 e. The van der Waals surface area contributed by atoms with Crippen LogP contribution in [0.1, 0.15) is 40.0 Å². The van der Waals surface area contributed by atoms with E-state index < -0.39 is 11.6 Å². The van der Waals surface area contributed by atoms with Crippen molar-refractivity contribution >= 4 is 17.8 Å². The molecule has 1 unspecified atom stereocenters. The number of amides is 4. The summed E-state index contributed by atoms with van der Waals surface area (Å²) in [7, 11) is 0. The van der Waals surface area contributed by atoms with Gasteiger partial charge in [-0.05, 0) is 26.2 Å². The Morgan fingerprint density at radius 2 is 2.00 bits per heavy atom. The molecule has 0 aromatic heterocycles. The molecule has 0 radical (unpaired) electrons. The molecule has 4 N–H and O–H groups in total. The Kier molecular flexibility index (Phi) is 5.50. The molecule has 4 amide bonds. The van der Waals surface area contributed by atoms with E-state index in [4.69, 9.17) is 5.73 Å². The summed E-state index contributed by atoms with van der Waals surface area (Å²) >= 11 is 0. The number of carbonyl (C=O) groups excluding carboxylic acids is 3. The van der Waals surface area contributed by atoms with Crippen LogP contribution in [-0.4, -0.2) is 47.4 Å². The van der Waals surface area contributed by atoms with Gasteiger partial charge in [-0.15, -0.1) is 0 Å². The highest BCUT2D eigenvalue weighted by Crippen LogP contribution is 2.24. The van der Waals surface area contributed by atoms with E-state index in [1.165, 1.54) is 0 Å². The molecule has 7 heteroatoms.